The molecule has 0 unspecified atom stereocenters. The molecular formula is C23H37IN4O2. The highest BCUT2D eigenvalue weighted by Crippen LogP contribution is 2.43. The van der Waals surface area contributed by atoms with Crippen molar-refractivity contribution in [3.05, 3.63) is 29.8 Å². The van der Waals surface area contributed by atoms with Crippen LogP contribution in [0.5, 0.6) is 5.75 Å². The normalized spacial score (nSPS) is 17.3. The summed E-state index contributed by atoms with van der Waals surface area (Å²) in [5.41, 5.74) is 1.67. The fourth-order valence-corrected chi connectivity index (χ4v) is 3.61. The molecule has 0 heterocycles. The molecular weight excluding hydrogens is 491 g/mol. The topological polar surface area (TPSA) is 74.8 Å². The number of carbonyl (C=O) groups is 1. The van der Waals surface area contributed by atoms with Crippen molar-refractivity contribution in [2.24, 2.45) is 10.4 Å². The zero-order valence-electron chi connectivity index (χ0n) is 18.3. The molecule has 0 bridgehead atoms. The summed E-state index contributed by atoms with van der Waals surface area (Å²) in [6.45, 7) is 7.07. The minimum Gasteiger partial charge on any atom is -0.484 e. The minimum atomic E-state index is -0.0391. The van der Waals surface area contributed by atoms with Crippen LogP contribution in [-0.4, -0.2) is 44.1 Å². The molecule has 6 nitrogen and oxygen atoms in total. The fraction of sp³-hybridized carbons (Fsp3) is 0.652. The summed E-state index contributed by atoms with van der Waals surface area (Å²) in [4.78, 5) is 16.5. The second-order valence-electron chi connectivity index (χ2n) is 8.35. The van der Waals surface area contributed by atoms with Crippen LogP contribution in [0.25, 0.3) is 0 Å². The molecule has 168 valence electrons. The van der Waals surface area contributed by atoms with Crippen molar-refractivity contribution in [1.82, 2.24) is 16.0 Å². The molecule has 0 aliphatic heterocycles. The molecule has 0 radical (unpaired) electrons. The molecule has 3 rings (SSSR count). The Balaban J connectivity index is 0.00000320. The summed E-state index contributed by atoms with van der Waals surface area (Å²) < 4.78 is 5.56. The summed E-state index contributed by atoms with van der Waals surface area (Å²) in [5.74, 6) is 1.60. The fourth-order valence-electron chi connectivity index (χ4n) is 3.61. The lowest BCUT2D eigenvalue weighted by Gasteiger charge is -2.40. The van der Waals surface area contributed by atoms with Crippen molar-refractivity contribution in [1.29, 1.82) is 0 Å². The van der Waals surface area contributed by atoms with Gasteiger partial charge in [0.25, 0.3) is 5.91 Å². The van der Waals surface area contributed by atoms with Gasteiger partial charge >= 0.3 is 0 Å². The van der Waals surface area contributed by atoms with Gasteiger partial charge in [-0.05, 0) is 68.6 Å². The van der Waals surface area contributed by atoms with Crippen LogP contribution in [0.3, 0.4) is 0 Å². The number of halogens is 1. The van der Waals surface area contributed by atoms with Crippen molar-refractivity contribution < 1.29 is 9.53 Å². The van der Waals surface area contributed by atoms with Gasteiger partial charge in [-0.15, -0.1) is 24.0 Å². The van der Waals surface area contributed by atoms with Crippen molar-refractivity contribution in [3.8, 4) is 5.75 Å². The number of hydrogen-bond donors (Lipinski definition) is 3. The van der Waals surface area contributed by atoms with Crippen LogP contribution < -0.4 is 20.7 Å². The number of rotatable bonds is 11. The predicted octanol–water partition coefficient (Wildman–Crippen LogP) is 3.64. The number of carbonyl (C=O) groups excluding carboxylic acids is 1. The van der Waals surface area contributed by atoms with Gasteiger partial charge in [0.2, 0.25) is 0 Å². The molecule has 2 fully saturated rings. The first-order valence-corrected chi connectivity index (χ1v) is 11.2. The lowest BCUT2D eigenvalue weighted by molar-refractivity contribution is -0.123. The molecule has 2 aliphatic rings. The Labute approximate surface area is 198 Å². The molecule has 7 heteroatoms. The number of nitrogens with one attached hydrogen (secondary N) is 3. The molecule has 1 aromatic rings. The second-order valence-corrected chi connectivity index (χ2v) is 8.35. The summed E-state index contributed by atoms with van der Waals surface area (Å²) in [6, 6.07) is 8.35. The quantitative estimate of drug-likeness (QED) is 0.233. The zero-order valence-corrected chi connectivity index (χ0v) is 20.7. The molecule has 30 heavy (non-hydrogen) atoms. The maximum absolute atomic E-state index is 11.7. The van der Waals surface area contributed by atoms with E-state index in [9.17, 15) is 4.79 Å². The Kier molecular flexibility index (Phi) is 10.2. The lowest BCUT2D eigenvalue weighted by Crippen LogP contribution is -2.40. The van der Waals surface area contributed by atoms with Gasteiger partial charge in [-0.2, -0.15) is 0 Å². The minimum absolute atomic E-state index is 0. The van der Waals surface area contributed by atoms with E-state index >= 15 is 0 Å². The molecule has 3 N–H and O–H groups in total. The predicted molar refractivity (Wildman–Crippen MR) is 133 cm³/mol. The maximum atomic E-state index is 11.7. The Bertz CT molecular complexity index is 679. The van der Waals surface area contributed by atoms with Gasteiger partial charge in [0.05, 0.1) is 0 Å². The average molecular weight is 528 g/mol. The van der Waals surface area contributed by atoms with Crippen LogP contribution in [0.1, 0.15) is 57.9 Å². The van der Waals surface area contributed by atoms with E-state index in [2.05, 4.69) is 41.9 Å². The average Bonchev–Trinajstić information content (AvgIpc) is 3.51. The van der Waals surface area contributed by atoms with Crippen molar-refractivity contribution in [2.75, 3.05) is 26.2 Å². The Morgan fingerprint density at radius 1 is 1.17 bits per heavy atom. The number of hydrogen-bond acceptors (Lipinski definition) is 3. The first-order chi connectivity index (χ1) is 14.1. The smallest absolute Gasteiger partial charge is 0.258 e. The van der Waals surface area contributed by atoms with Crippen LogP contribution in [0.2, 0.25) is 0 Å². The highest BCUT2D eigenvalue weighted by molar-refractivity contribution is 14.0. The van der Waals surface area contributed by atoms with Gasteiger partial charge < -0.3 is 20.7 Å². The molecule has 0 aromatic heterocycles. The number of benzene rings is 1. The van der Waals surface area contributed by atoms with Crippen LogP contribution in [0.4, 0.5) is 0 Å². The third-order valence-corrected chi connectivity index (χ3v) is 6.02. The van der Waals surface area contributed by atoms with Crippen molar-refractivity contribution >= 4 is 35.8 Å². The van der Waals surface area contributed by atoms with E-state index in [0.29, 0.717) is 11.5 Å². The summed E-state index contributed by atoms with van der Waals surface area (Å²) in [5, 5.41) is 9.72. The molecule has 2 aliphatic carbocycles. The van der Waals surface area contributed by atoms with E-state index in [0.717, 1.165) is 50.6 Å². The summed E-state index contributed by atoms with van der Waals surface area (Å²) in [6.07, 6.45) is 8.27. The van der Waals surface area contributed by atoms with E-state index in [1.807, 2.05) is 12.1 Å². The highest BCUT2D eigenvalue weighted by Gasteiger charge is 2.34. The first-order valence-electron chi connectivity index (χ1n) is 11.2. The van der Waals surface area contributed by atoms with Gasteiger partial charge in [0, 0.05) is 25.7 Å². The van der Waals surface area contributed by atoms with Gasteiger partial charge in [0.1, 0.15) is 5.75 Å². The summed E-state index contributed by atoms with van der Waals surface area (Å²) in [7, 11) is 0. The maximum Gasteiger partial charge on any atom is 0.258 e. The van der Waals surface area contributed by atoms with Gasteiger partial charge in [0.15, 0.2) is 12.6 Å². The second kappa shape index (κ2) is 12.4. The Hall–Kier alpha value is -1.51. The Morgan fingerprint density at radius 3 is 2.47 bits per heavy atom. The lowest BCUT2D eigenvalue weighted by atomic mass is 9.67. The van der Waals surface area contributed by atoms with Crippen molar-refractivity contribution in [3.63, 3.8) is 0 Å². The molecule has 0 atom stereocenters. The SMILES string of the molecule is CCNC(=NCC1(CC)CCC1)NCCc1ccc(OCC(=O)NC2CC2)cc1.I. The van der Waals surface area contributed by atoms with Gasteiger partial charge in [-0.25, -0.2) is 0 Å². The van der Waals surface area contributed by atoms with E-state index in [4.69, 9.17) is 9.73 Å². The van der Waals surface area contributed by atoms with Crippen molar-refractivity contribution in [2.45, 2.75) is 64.8 Å². The number of ether oxygens (including phenoxy) is 1. The standard InChI is InChI=1S/C23H36N4O2.HI/c1-3-23(13-5-14-23)17-26-22(24-4-2)25-15-12-18-6-10-20(11-7-18)29-16-21(28)27-19-8-9-19;/h6-7,10-11,19H,3-5,8-9,12-17H2,1-2H3,(H,27,28)(H2,24,25,26);1H. The third kappa shape index (κ3) is 7.96. The van der Waals surface area contributed by atoms with Crippen LogP contribution in [0.15, 0.2) is 29.3 Å². The number of nitrogens with zero attached hydrogens (tertiary/aromatic N) is 1. The van der Waals surface area contributed by atoms with E-state index < -0.39 is 0 Å². The van der Waals surface area contributed by atoms with E-state index in [-0.39, 0.29) is 36.5 Å². The zero-order chi connectivity index (χ0) is 20.5. The Morgan fingerprint density at radius 2 is 1.90 bits per heavy atom. The molecule has 2 saturated carbocycles. The largest absolute Gasteiger partial charge is 0.484 e. The van der Waals surface area contributed by atoms with E-state index in [1.54, 1.807) is 0 Å². The first kappa shape index (κ1) is 24.8. The number of amides is 1. The number of guanidine groups is 1. The van der Waals surface area contributed by atoms with Crippen LogP contribution in [-0.2, 0) is 11.2 Å². The number of aliphatic imine (C=N–C) groups is 1. The van der Waals surface area contributed by atoms with Crippen LogP contribution >= 0.6 is 24.0 Å². The highest BCUT2D eigenvalue weighted by atomic mass is 127. The molecule has 1 aromatic carbocycles. The van der Waals surface area contributed by atoms with Gasteiger partial charge in [-0.3, -0.25) is 9.79 Å². The monoisotopic (exact) mass is 528 g/mol. The molecule has 1 amide bonds. The van der Waals surface area contributed by atoms with E-state index in [1.165, 1.54) is 31.2 Å². The third-order valence-electron chi connectivity index (χ3n) is 6.02. The van der Waals surface area contributed by atoms with Crippen LogP contribution in [0, 0.1) is 5.41 Å². The van der Waals surface area contributed by atoms with Gasteiger partial charge in [-0.1, -0.05) is 25.5 Å². The summed E-state index contributed by atoms with van der Waals surface area (Å²) >= 11 is 0. The molecule has 0 spiro atoms. The molecule has 0 saturated heterocycles.